The number of fused-ring (bicyclic) bond motifs is 10. The summed E-state index contributed by atoms with van der Waals surface area (Å²) in [7, 11) is 0. The first-order valence-corrected chi connectivity index (χ1v) is 29.0. The monoisotopic (exact) mass is 1220 g/mol. The molecular formula is C59H79BrF6K2O10. The summed E-state index contributed by atoms with van der Waals surface area (Å²) in [6, 6.07) is 5.65. The summed E-state index contributed by atoms with van der Waals surface area (Å²) in [4.78, 5) is 39.2. The van der Waals surface area contributed by atoms with Gasteiger partial charge in [-0.2, -0.15) is 0 Å². The van der Waals surface area contributed by atoms with E-state index in [9.17, 15) is 47.4 Å². The van der Waals surface area contributed by atoms with Crippen LogP contribution >= 0.6 is 15.9 Å². The number of Topliss-reactive ketones (excluding diaryl/α,β-unsaturated/α-hetero) is 2. The van der Waals surface area contributed by atoms with Crippen molar-refractivity contribution >= 4 is 33.5 Å². The number of hydrogen-bond donors (Lipinski definition) is 3. The van der Waals surface area contributed by atoms with Crippen LogP contribution < -0.4 is 113 Å². The van der Waals surface area contributed by atoms with Crippen LogP contribution in [0, 0.1) is 93.3 Å². The average molecular weight is 1220 g/mol. The smallest absolute Gasteiger partial charge is 1.00 e. The van der Waals surface area contributed by atoms with Crippen LogP contribution in [0.2, 0.25) is 0 Å². The van der Waals surface area contributed by atoms with E-state index in [-0.39, 0.29) is 175 Å². The third kappa shape index (κ3) is 14.1. The molecule has 2 aromatic rings. The summed E-state index contributed by atoms with van der Waals surface area (Å²) in [6.07, 6.45) is 15.2. The van der Waals surface area contributed by atoms with Gasteiger partial charge in [-0.05, 0) is 225 Å². The van der Waals surface area contributed by atoms with Gasteiger partial charge in [-0.1, -0.05) is 29.8 Å². The summed E-state index contributed by atoms with van der Waals surface area (Å²) >= 11 is 3.37. The minimum Gasteiger partial charge on any atom is -1.00 e. The van der Waals surface area contributed by atoms with Gasteiger partial charge in [-0.25, -0.2) is 31.1 Å². The summed E-state index contributed by atoms with van der Waals surface area (Å²) in [5, 5.41) is 39.4. The molecule has 17 atom stereocenters. The number of halogens is 7. The van der Waals surface area contributed by atoms with Gasteiger partial charge in [0.25, 0.3) is 0 Å². The van der Waals surface area contributed by atoms with Crippen molar-refractivity contribution in [2.45, 2.75) is 185 Å². The molecule has 9 fully saturated rings. The number of phenols is 1. The first-order valence-electron chi connectivity index (χ1n) is 27.9. The Morgan fingerprint density at radius 2 is 1.14 bits per heavy atom. The Bertz CT molecular complexity index is 2430. The topological polar surface area (TPSA) is 163 Å². The minimum atomic E-state index is -1.20. The number of aromatic hydroxyl groups is 1. The second-order valence-electron chi connectivity index (χ2n) is 25.3. The third-order valence-electron chi connectivity index (χ3n) is 21.0. The van der Waals surface area contributed by atoms with Crippen molar-refractivity contribution in [3.05, 3.63) is 59.7 Å². The van der Waals surface area contributed by atoms with Crippen molar-refractivity contribution in [3.8, 4) is 11.5 Å². The van der Waals surface area contributed by atoms with Gasteiger partial charge in [-0.15, -0.1) is 0 Å². The molecule has 0 spiro atoms. The first-order chi connectivity index (χ1) is 35.8. The first kappa shape index (κ1) is 67.2. The summed E-state index contributed by atoms with van der Waals surface area (Å²) in [5.41, 5.74) is -3.83. The van der Waals surface area contributed by atoms with E-state index in [0.717, 1.165) is 108 Å². The van der Waals surface area contributed by atoms with E-state index >= 15 is 8.78 Å². The van der Waals surface area contributed by atoms with Gasteiger partial charge >= 0.3 is 109 Å². The van der Waals surface area contributed by atoms with E-state index in [0.29, 0.717) is 86.5 Å². The minimum absolute atomic E-state index is 0. The molecule has 0 aromatic heterocycles. The molecule has 1 unspecified atom stereocenters. The number of carbonyl (C=O) groups excluding carboxylic acids is 3. The van der Waals surface area contributed by atoms with Gasteiger partial charge in [0.05, 0.1) is 16.5 Å². The zero-order valence-electron chi connectivity index (χ0n) is 47.4. The predicted octanol–water partition coefficient (Wildman–Crippen LogP) is 5.86. The van der Waals surface area contributed by atoms with Gasteiger partial charge in [0.2, 0.25) is 0 Å². The van der Waals surface area contributed by atoms with E-state index in [1.807, 2.05) is 13.8 Å². The Morgan fingerprint density at radius 1 is 0.654 bits per heavy atom. The van der Waals surface area contributed by atoms with E-state index < -0.39 is 63.6 Å². The Morgan fingerprint density at radius 3 is 1.58 bits per heavy atom. The van der Waals surface area contributed by atoms with Crippen molar-refractivity contribution in [3.63, 3.8) is 0 Å². The quantitative estimate of drug-likeness (QED) is 0.101. The van der Waals surface area contributed by atoms with E-state index in [4.69, 9.17) is 14.6 Å². The van der Waals surface area contributed by atoms with Crippen LogP contribution in [0.3, 0.4) is 0 Å². The van der Waals surface area contributed by atoms with Crippen molar-refractivity contribution in [1.82, 2.24) is 0 Å². The molecule has 1 saturated heterocycles. The van der Waals surface area contributed by atoms with Crippen molar-refractivity contribution < 1.29 is 180 Å². The number of alkyl halides is 3. The molecule has 9 aliphatic rings. The Hall–Kier alpha value is 0.0227. The summed E-state index contributed by atoms with van der Waals surface area (Å²) < 4.78 is 94.0. The molecule has 10 nitrogen and oxygen atoms in total. The average Bonchev–Trinajstić information content (AvgIpc) is 4.37. The molecule has 8 saturated carbocycles. The molecule has 2 aromatic carbocycles. The van der Waals surface area contributed by atoms with E-state index in [1.165, 1.54) is 6.07 Å². The Kier molecular flexibility index (Phi) is 23.4. The molecule has 1 aliphatic heterocycles. The molecule has 0 bridgehead atoms. The molecule has 1 heterocycles. The summed E-state index contributed by atoms with van der Waals surface area (Å²) in [6.45, 7) is 8.54. The fourth-order valence-corrected chi connectivity index (χ4v) is 17.6. The molecule has 3 N–H and O–H groups in total. The third-order valence-corrected chi connectivity index (χ3v) is 21.5. The second kappa shape index (κ2) is 27.2. The Labute approximate surface area is 551 Å². The number of ether oxygens (including phenoxy) is 2. The molecule has 11 rings (SSSR count). The van der Waals surface area contributed by atoms with Crippen LogP contribution in [0.4, 0.5) is 26.3 Å². The zero-order valence-corrected chi connectivity index (χ0v) is 54.3. The van der Waals surface area contributed by atoms with Gasteiger partial charge in [-0.3, -0.25) is 9.59 Å². The normalized spacial score (nSPS) is 40.6. The van der Waals surface area contributed by atoms with Crippen LogP contribution in [0.15, 0.2) is 36.4 Å². The number of phenolic OH excluding ortho intramolecular Hbond substituents is 1. The number of carbonyl (C=O) groups is 3. The Balaban J connectivity index is 0.000000219. The SMILES string of the molecule is C[C@@]1(O)CC[C@@]2(F)[C@H](CC[C@H]3[C@@H]4CC[C@H](C(=O)CBr)[C@@]4(C)CC[C@@H]32)C1.C[C@@]1(O)CC[C@@]2(F)[C@H](CC[C@H]3[C@@H]4CC[C@H](C(=O)COc5ccc(F)cc5F)[C@@]4(C)CC[C@@H]32)C1.O=C(O[O-])C1CCCO1.Oc1ccc(F)cc1F.[H-].[K+].[K+]. The van der Waals surface area contributed by atoms with E-state index in [1.54, 1.807) is 0 Å². The standard InChI is InChI=1S/C27H35F3O3.C21H32BrFO2.C6H4F2O.C5H8O4.2K.H/c1-25(32)11-12-27(30)16(14-25)3-5-18-19-6-7-21(26(19,2)10-9-20(18)27)23(31)15-33-24-8-4-17(28)13-22(24)29;1-19(25)9-10-21(23)13(11-19)3-4-14-15-5-6-17(18(24)12-22)20(15,2)8-7-16(14)21;7-4-1-2-6(9)5(8)3-4;6-5(9-7)4-2-1-3-8-4;;;/h4,8,13,16,18-21,32H,3,5-7,9-12,14-15H2,1-2H3;13-17,25H,3-12H2,1-2H3;1-3,9H;4,7H,1-3H2;;;/q;;;;2*+1;-1/p-1/t16-,18+,19+,20+,21-,25-,26+,27-;13-,14+,15+,16+,17-,19-,20+,21-;;;;;/m11...../s1. The van der Waals surface area contributed by atoms with Crippen LogP contribution in [-0.4, -0.2) is 80.0 Å². The molecule has 78 heavy (non-hydrogen) atoms. The molecular weight excluding hydrogens is 1140 g/mol. The van der Waals surface area contributed by atoms with Crippen LogP contribution in [-0.2, 0) is 24.0 Å². The van der Waals surface area contributed by atoms with Gasteiger partial charge in [0, 0.05) is 30.6 Å². The maximum atomic E-state index is 16.4. The van der Waals surface area contributed by atoms with Crippen molar-refractivity contribution in [2.24, 2.45) is 70.0 Å². The molecule has 0 amide bonds. The van der Waals surface area contributed by atoms with Crippen LogP contribution in [0.25, 0.3) is 0 Å². The van der Waals surface area contributed by atoms with Gasteiger partial charge in [0.1, 0.15) is 35.4 Å². The van der Waals surface area contributed by atoms with E-state index in [2.05, 4.69) is 34.7 Å². The maximum Gasteiger partial charge on any atom is 1.00 e. The largest absolute Gasteiger partial charge is 1.00 e. The summed E-state index contributed by atoms with van der Waals surface area (Å²) in [5.74, 6) is -2.59. The predicted molar refractivity (Wildman–Crippen MR) is 273 cm³/mol. The van der Waals surface area contributed by atoms with Gasteiger partial charge in [0.15, 0.2) is 35.0 Å². The number of hydrogen-bond acceptors (Lipinski definition) is 10. The van der Waals surface area contributed by atoms with Crippen LogP contribution in [0.5, 0.6) is 11.5 Å². The molecule has 0 radical (unpaired) electrons. The zero-order chi connectivity index (χ0) is 55.2. The molecule has 426 valence electrons. The second-order valence-corrected chi connectivity index (χ2v) is 25.9. The number of rotatable bonds is 7. The fraction of sp³-hybridized carbons (Fsp3) is 0.746. The van der Waals surface area contributed by atoms with Crippen molar-refractivity contribution in [2.75, 3.05) is 18.5 Å². The molecule has 19 heteroatoms. The number of benzene rings is 2. The number of ketones is 2. The van der Waals surface area contributed by atoms with Crippen molar-refractivity contribution in [1.29, 1.82) is 0 Å². The maximum absolute atomic E-state index is 16.4. The van der Waals surface area contributed by atoms with Crippen LogP contribution in [0.1, 0.15) is 158 Å². The molecule has 8 aliphatic carbocycles. The van der Waals surface area contributed by atoms with Gasteiger partial charge < -0.3 is 36.4 Å². The fourth-order valence-electron chi connectivity index (χ4n) is 17.2. The number of aliphatic hydroxyl groups is 2.